The normalized spacial score (nSPS) is 10.7. The highest BCUT2D eigenvalue weighted by Gasteiger charge is 2.17. The van der Waals surface area contributed by atoms with Crippen molar-refractivity contribution in [1.29, 1.82) is 0 Å². The van der Waals surface area contributed by atoms with Crippen molar-refractivity contribution < 1.29 is 9.90 Å². The zero-order chi connectivity index (χ0) is 20.4. The molecule has 0 radical (unpaired) electrons. The van der Waals surface area contributed by atoms with Crippen molar-refractivity contribution in [3.8, 4) is 22.9 Å². The summed E-state index contributed by atoms with van der Waals surface area (Å²) in [4.78, 5) is 28.1. The van der Waals surface area contributed by atoms with Crippen molar-refractivity contribution in [2.24, 2.45) is 0 Å². The Labute approximate surface area is 164 Å². The number of rotatable bonds is 5. The van der Waals surface area contributed by atoms with Gasteiger partial charge in [0.2, 0.25) is 11.9 Å². The van der Waals surface area contributed by atoms with Crippen molar-refractivity contribution in [2.75, 3.05) is 11.1 Å². The third-order valence-corrected chi connectivity index (χ3v) is 4.06. The third-order valence-electron chi connectivity index (χ3n) is 4.06. The Kier molecular flexibility index (Phi) is 4.57. The van der Waals surface area contributed by atoms with E-state index in [0.29, 0.717) is 11.4 Å². The van der Waals surface area contributed by atoms with E-state index in [1.807, 2.05) is 31.2 Å². The summed E-state index contributed by atoms with van der Waals surface area (Å²) in [6.07, 6.45) is 1.50. The quantitative estimate of drug-likeness (QED) is 0.403. The molecule has 0 bridgehead atoms. The molecule has 3 aromatic heterocycles. The second kappa shape index (κ2) is 7.35. The number of nitrogens with one attached hydrogen (secondary N) is 2. The molecule has 1 aromatic carbocycles. The highest BCUT2D eigenvalue weighted by atomic mass is 16.4. The first kappa shape index (κ1) is 18.0. The molecule has 0 atom stereocenters. The molecule has 29 heavy (non-hydrogen) atoms. The Morgan fingerprint density at radius 2 is 1.93 bits per heavy atom. The fourth-order valence-electron chi connectivity index (χ4n) is 2.67. The zero-order valence-electron chi connectivity index (χ0n) is 15.3. The van der Waals surface area contributed by atoms with Crippen LogP contribution in [0.3, 0.4) is 0 Å². The molecule has 0 amide bonds. The maximum Gasteiger partial charge on any atom is 0.337 e. The molecule has 0 unspecified atom stereocenters. The second-order valence-corrected chi connectivity index (χ2v) is 6.20. The second-order valence-electron chi connectivity index (χ2n) is 6.20. The number of aromatic carboxylic acids is 1. The lowest BCUT2D eigenvalue weighted by atomic mass is 10.1. The van der Waals surface area contributed by atoms with Crippen LogP contribution in [0.15, 0.2) is 48.7 Å². The minimum Gasteiger partial charge on any atom is -0.478 e. The number of hydrogen-bond acceptors (Lipinski definition) is 8. The molecule has 0 saturated carbocycles. The van der Waals surface area contributed by atoms with Crippen molar-refractivity contribution in [2.45, 2.75) is 6.92 Å². The molecule has 0 aliphatic carbocycles. The molecule has 10 heteroatoms. The van der Waals surface area contributed by atoms with Gasteiger partial charge >= 0.3 is 5.97 Å². The van der Waals surface area contributed by atoms with E-state index < -0.39 is 5.97 Å². The first-order valence-electron chi connectivity index (χ1n) is 8.59. The highest BCUT2D eigenvalue weighted by molar-refractivity contribution is 5.94. The lowest BCUT2D eigenvalue weighted by Gasteiger charge is -2.06. The number of carbonyl (C=O) groups is 1. The van der Waals surface area contributed by atoms with Gasteiger partial charge in [0, 0.05) is 11.9 Å². The summed E-state index contributed by atoms with van der Waals surface area (Å²) in [5, 5.41) is 19.4. The number of pyridine rings is 1. The van der Waals surface area contributed by atoms with Gasteiger partial charge in [-0.15, -0.1) is 0 Å². The molecule has 0 spiro atoms. The fourth-order valence-corrected chi connectivity index (χ4v) is 2.67. The molecule has 5 N–H and O–H groups in total. The molecule has 4 aromatic rings. The van der Waals surface area contributed by atoms with E-state index in [2.05, 4.69) is 35.5 Å². The number of carboxylic acid groups (broad SMARTS) is 1. The molecule has 0 aliphatic heterocycles. The predicted molar refractivity (Wildman–Crippen MR) is 106 cm³/mol. The Bertz CT molecular complexity index is 1190. The number of hydrogen-bond donors (Lipinski definition) is 4. The summed E-state index contributed by atoms with van der Waals surface area (Å²) in [5.41, 5.74) is 8.85. The largest absolute Gasteiger partial charge is 0.478 e. The van der Waals surface area contributed by atoms with Crippen LogP contribution in [0.25, 0.3) is 22.9 Å². The third kappa shape index (κ3) is 3.86. The van der Waals surface area contributed by atoms with Gasteiger partial charge in [-0.1, -0.05) is 17.7 Å². The van der Waals surface area contributed by atoms with Gasteiger partial charge in [-0.3, -0.25) is 10.1 Å². The van der Waals surface area contributed by atoms with Crippen LogP contribution in [0, 0.1) is 6.92 Å². The summed E-state index contributed by atoms with van der Waals surface area (Å²) < 4.78 is 0. The van der Waals surface area contributed by atoms with Crippen LogP contribution in [-0.2, 0) is 0 Å². The Hall–Kier alpha value is -4.34. The van der Waals surface area contributed by atoms with Gasteiger partial charge in [0.1, 0.15) is 17.1 Å². The van der Waals surface area contributed by atoms with Gasteiger partial charge in [-0.25, -0.2) is 4.79 Å². The van der Waals surface area contributed by atoms with Gasteiger partial charge in [-0.2, -0.15) is 20.1 Å². The van der Waals surface area contributed by atoms with Crippen molar-refractivity contribution in [3.63, 3.8) is 0 Å². The van der Waals surface area contributed by atoms with Crippen molar-refractivity contribution in [1.82, 2.24) is 30.1 Å². The average Bonchev–Trinajstić information content (AvgIpc) is 3.19. The summed E-state index contributed by atoms with van der Waals surface area (Å²) in [7, 11) is 0. The van der Waals surface area contributed by atoms with Gasteiger partial charge in [0.05, 0.1) is 5.56 Å². The number of carboxylic acids is 1. The lowest BCUT2D eigenvalue weighted by molar-refractivity contribution is 0.0697. The number of H-pyrrole nitrogens is 1. The summed E-state index contributed by atoms with van der Waals surface area (Å²) in [6, 6.07) is 12.3. The molecule has 144 valence electrons. The molecule has 0 fully saturated rings. The number of benzene rings is 1. The van der Waals surface area contributed by atoms with Crippen LogP contribution in [0.2, 0.25) is 0 Å². The number of aryl methyl sites for hydroxylation is 1. The van der Waals surface area contributed by atoms with E-state index in [0.717, 1.165) is 11.3 Å². The fraction of sp³-hybridized carbons (Fsp3) is 0.0526. The minimum absolute atomic E-state index is 0.0322. The average molecular weight is 388 g/mol. The molecule has 0 saturated heterocycles. The van der Waals surface area contributed by atoms with Crippen LogP contribution >= 0.6 is 0 Å². The van der Waals surface area contributed by atoms with Gasteiger partial charge in [0.25, 0.3) is 0 Å². The van der Waals surface area contributed by atoms with E-state index in [1.165, 1.54) is 12.3 Å². The predicted octanol–water partition coefficient (Wildman–Crippen LogP) is 2.66. The van der Waals surface area contributed by atoms with Gasteiger partial charge in [-0.05, 0) is 37.3 Å². The van der Waals surface area contributed by atoms with E-state index in [9.17, 15) is 9.90 Å². The van der Waals surface area contributed by atoms with E-state index in [-0.39, 0.29) is 29.0 Å². The molecule has 0 aliphatic rings. The number of nitrogen functional groups attached to an aromatic ring is 1. The topological polar surface area (TPSA) is 156 Å². The zero-order valence-corrected chi connectivity index (χ0v) is 15.3. The van der Waals surface area contributed by atoms with E-state index >= 15 is 0 Å². The number of nitrogens with zero attached hydrogens (tertiary/aromatic N) is 5. The summed E-state index contributed by atoms with van der Waals surface area (Å²) >= 11 is 0. The van der Waals surface area contributed by atoms with Crippen LogP contribution in [0.5, 0.6) is 0 Å². The summed E-state index contributed by atoms with van der Waals surface area (Å²) in [6.45, 7) is 2.00. The number of aromatic nitrogens is 6. The van der Waals surface area contributed by atoms with Crippen LogP contribution in [-0.4, -0.2) is 41.2 Å². The summed E-state index contributed by atoms with van der Waals surface area (Å²) in [5.74, 6) is -0.522. The van der Waals surface area contributed by atoms with E-state index in [1.54, 1.807) is 12.1 Å². The first-order chi connectivity index (χ1) is 14.0. The number of nitrogens with two attached hydrogens (primary N) is 1. The van der Waals surface area contributed by atoms with Crippen LogP contribution in [0.4, 0.5) is 17.6 Å². The first-order valence-corrected chi connectivity index (χ1v) is 8.59. The van der Waals surface area contributed by atoms with Crippen LogP contribution < -0.4 is 11.1 Å². The molecule has 3 heterocycles. The SMILES string of the molecule is Cc1ccc(Nc2nc(N)nc(-c3cc(-c4ncccc4C(=O)O)n[nH]3)n2)cc1. The Morgan fingerprint density at radius 3 is 2.69 bits per heavy atom. The Balaban J connectivity index is 1.67. The van der Waals surface area contributed by atoms with E-state index in [4.69, 9.17) is 5.73 Å². The van der Waals surface area contributed by atoms with Gasteiger partial charge in [0.15, 0.2) is 5.82 Å². The molecule has 4 rings (SSSR count). The smallest absolute Gasteiger partial charge is 0.337 e. The number of aromatic amines is 1. The highest BCUT2D eigenvalue weighted by Crippen LogP contribution is 2.24. The van der Waals surface area contributed by atoms with Gasteiger partial charge < -0.3 is 16.2 Å². The maximum atomic E-state index is 11.4. The standard InChI is InChI=1S/C19H16N8O2/c1-10-4-6-11(7-5-10)22-19-24-16(23-18(20)25-19)14-9-13(26-27-14)15-12(17(28)29)3-2-8-21-15/h2-9H,1H3,(H,26,27)(H,28,29)(H3,20,22,23,24,25). The van der Waals surface area contributed by atoms with Crippen molar-refractivity contribution >= 4 is 23.6 Å². The molecular formula is C19H16N8O2. The molecule has 10 nitrogen and oxygen atoms in total. The monoisotopic (exact) mass is 388 g/mol. The number of anilines is 3. The van der Waals surface area contributed by atoms with Crippen molar-refractivity contribution in [3.05, 3.63) is 59.8 Å². The lowest BCUT2D eigenvalue weighted by Crippen LogP contribution is -2.05. The van der Waals surface area contributed by atoms with Crippen LogP contribution in [0.1, 0.15) is 15.9 Å². The maximum absolute atomic E-state index is 11.4. The molecular weight excluding hydrogens is 372 g/mol. The minimum atomic E-state index is -1.09. The Morgan fingerprint density at radius 1 is 1.14 bits per heavy atom.